The maximum absolute atomic E-state index is 11.5. The van der Waals surface area contributed by atoms with Crippen LogP contribution in [0.2, 0.25) is 0 Å². The predicted molar refractivity (Wildman–Crippen MR) is 115 cm³/mol. The number of hydrogen-bond donors (Lipinski definition) is 2. The standard InChI is InChI=1S/C23H29N5O/c1-15-17-7-3-5-9-20(17)27-23(26-15)11-12-25-13-19-16(2)28(14-22(24)29)21-10-6-4-8-18(19)21/h4,6,8,10,25H,3,5,7,9,11-14H2,1-2H3,(H2,24,29). The highest BCUT2D eigenvalue weighted by atomic mass is 16.1. The summed E-state index contributed by atoms with van der Waals surface area (Å²) in [5, 5.41) is 4.71. The van der Waals surface area contributed by atoms with Gasteiger partial charge in [-0.25, -0.2) is 9.97 Å². The molecule has 6 heteroatoms. The van der Waals surface area contributed by atoms with Crippen LogP contribution in [0.3, 0.4) is 0 Å². The van der Waals surface area contributed by atoms with Crippen LogP contribution in [0.1, 0.15) is 46.9 Å². The van der Waals surface area contributed by atoms with Gasteiger partial charge in [0, 0.05) is 47.5 Å². The first-order chi connectivity index (χ1) is 14.0. The van der Waals surface area contributed by atoms with E-state index in [1.165, 1.54) is 35.0 Å². The van der Waals surface area contributed by atoms with Crippen molar-refractivity contribution >= 4 is 16.8 Å². The minimum Gasteiger partial charge on any atom is -0.368 e. The van der Waals surface area contributed by atoms with Gasteiger partial charge in [0.2, 0.25) is 5.91 Å². The SMILES string of the molecule is Cc1nc(CCNCc2c(C)n(CC(N)=O)c3ccccc23)nc2c1CCCC2. The van der Waals surface area contributed by atoms with Crippen molar-refractivity contribution in [3.05, 3.63) is 58.3 Å². The van der Waals surface area contributed by atoms with Gasteiger partial charge in [0.25, 0.3) is 0 Å². The lowest BCUT2D eigenvalue weighted by molar-refractivity contribution is -0.118. The van der Waals surface area contributed by atoms with Gasteiger partial charge in [-0.15, -0.1) is 0 Å². The van der Waals surface area contributed by atoms with Gasteiger partial charge >= 0.3 is 0 Å². The highest BCUT2D eigenvalue weighted by Gasteiger charge is 2.16. The molecule has 0 atom stereocenters. The van der Waals surface area contributed by atoms with Crippen molar-refractivity contribution in [1.29, 1.82) is 0 Å². The molecule has 3 N–H and O–H groups in total. The second kappa shape index (κ2) is 8.33. The third-order valence-electron chi connectivity index (χ3n) is 5.94. The minimum atomic E-state index is -0.326. The van der Waals surface area contributed by atoms with Gasteiger partial charge in [-0.2, -0.15) is 0 Å². The van der Waals surface area contributed by atoms with E-state index in [0.717, 1.165) is 55.1 Å². The molecule has 6 nitrogen and oxygen atoms in total. The summed E-state index contributed by atoms with van der Waals surface area (Å²) in [6.07, 6.45) is 5.50. The highest BCUT2D eigenvalue weighted by molar-refractivity contribution is 5.87. The van der Waals surface area contributed by atoms with Crippen LogP contribution >= 0.6 is 0 Å². The van der Waals surface area contributed by atoms with Crippen molar-refractivity contribution in [2.75, 3.05) is 6.54 Å². The number of aromatic nitrogens is 3. The van der Waals surface area contributed by atoms with E-state index in [2.05, 4.69) is 25.2 Å². The number of nitrogens with one attached hydrogen (secondary N) is 1. The van der Waals surface area contributed by atoms with Crippen molar-refractivity contribution in [3.8, 4) is 0 Å². The van der Waals surface area contributed by atoms with E-state index in [1.807, 2.05) is 22.8 Å². The van der Waals surface area contributed by atoms with Gasteiger partial charge in [-0.05, 0) is 56.7 Å². The lowest BCUT2D eigenvalue weighted by Crippen LogP contribution is -2.21. The Bertz CT molecular complexity index is 1050. The zero-order valence-corrected chi connectivity index (χ0v) is 17.3. The fraction of sp³-hybridized carbons (Fsp3) is 0.435. The highest BCUT2D eigenvalue weighted by Crippen LogP contribution is 2.26. The number of nitrogens with two attached hydrogens (primary N) is 1. The summed E-state index contributed by atoms with van der Waals surface area (Å²) in [5.41, 5.74) is 12.6. The second-order valence-corrected chi connectivity index (χ2v) is 7.92. The second-order valence-electron chi connectivity index (χ2n) is 7.92. The third kappa shape index (κ3) is 4.03. The average molecular weight is 392 g/mol. The van der Waals surface area contributed by atoms with Crippen molar-refractivity contribution < 1.29 is 4.79 Å². The summed E-state index contributed by atoms with van der Waals surface area (Å²) in [4.78, 5) is 21.0. The first kappa shape index (κ1) is 19.6. The lowest BCUT2D eigenvalue weighted by Gasteiger charge is -2.17. The zero-order valence-electron chi connectivity index (χ0n) is 17.3. The molecule has 2 aromatic heterocycles. The molecule has 1 aromatic carbocycles. The topological polar surface area (TPSA) is 85.8 Å². The van der Waals surface area contributed by atoms with Crippen molar-refractivity contribution in [2.24, 2.45) is 5.73 Å². The first-order valence-electron chi connectivity index (χ1n) is 10.5. The molecular weight excluding hydrogens is 362 g/mol. The number of para-hydroxylation sites is 1. The smallest absolute Gasteiger partial charge is 0.237 e. The fourth-order valence-corrected chi connectivity index (χ4v) is 4.46. The number of carbonyl (C=O) groups excluding carboxylic acids is 1. The quantitative estimate of drug-likeness (QED) is 0.607. The largest absolute Gasteiger partial charge is 0.368 e. The number of rotatable bonds is 7. The van der Waals surface area contributed by atoms with Crippen LogP contribution in [0.4, 0.5) is 0 Å². The van der Waals surface area contributed by atoms with Gasteiger partial charge in [-0.1, -0.05) is 18.2 Å². The van der Waals surface area contributed by atoms with Gasteiger partial charge < -0.3 is 15.6 Å². The summed E-state index contributed by atoms with van der Waals surface area (Å²) in [5.74, 6) is 0.608. The molecule has 2 heterocycles. The summed E-state index contributed by atoms with van der Waals surface area (Å²) < 4.78 is 2.00. The summed E-state index contributed by atoms with van der Waals surface area (Å²) >= 11 is 0. The van der Waals surface area contributed by atoms with Crippen LogP contribution < -0.4 is 11.1 Å². The van der Waals surface area contributed by atoms with Crippen LogP contribution in [0, 0.1) is 13.8 Å². The Morgan fingerprint density at radius 1 is 1.17 bits per heavy atom. The minimum absolute atomic E-state index is 0.203. The summed E-state index contributed by atoms with van der Waals surface area (Å²) in [6.45, 7) is 5.92. The van der Waals surface area contributed by atoms with E-state index in [9.17, 15) is 4.79 Å². The first-order valence-corrected chi connectivity index (χ1v) is 10.5. The zero-order chi connectivity index (χ0) is 20.4. The monoisotopic (exact) mass is 391 g/mol. The van der Waals surface area contributed by atoms with E-state index in [0.29, 0.717) is 0 Å². The molecule has 0 bridgehead atoms. The van der Waals surface area contributed by atoms with Gasteiger partial charge in [-0.3, -0.25) is 4.79 Å². The van der Waals surface area contributed by atoms with Crippen LogP contribution in [0.15, 0.2) is 24.3 Å². The average Bonchev–Trinajstić information content (AvgIpc) is 2.96. The number of benzene rings is 1. The number of fused-ring (bicyclic) bond motifs is 2. The van der Waals surface area contributed by atoms with Crippen LogP contribution in [0.25, 0.3) is 10.9 Å². The molecule has 0 saturated carbocycles. The number of nitrogens with zero attached hydrogens (tertiary/aromatic N) is 3. The molecule has 0 unspecified atom stereocenters. The molecule has 1 amide bonds. The van der Waals surface area contributed by atoms with Crippen LogP contribution in [-0.2, 0) is 37.1 Å². The maximum Gasteiger partial charge on any atom is 0.237 e. The molecule has 4 rings (SSSR count). The number of aryl methyl sites for hydroxylation is 2. The molecule has 1 aliphatic rings. The van der Waals surface area contributed by atoms with E-state index >= 15 is 0 Å². The van der Waals surface area contributed by atoms with E-state index < -0.39 is 0 Å². The molecule has 0 saturated heterocycles. The molecule has 1 aliphatic carbocycles. The summed E-state index contributed by atoms with van der Waals surface area (Å²) in [6, 6.07) is 8.17. The van der Waals surface area contributed by atoms with Crippen molar-refractivity contribution in [2.45, 2.75) is 59.0 Å². The predicted octanol–water partition coefficient (Wildman–Crippen LogP) is 2.74. The Morgan fingerprint density at radius 2 is 1.97 bits per heavy atom. The van der Waals surface area contributed by atoms with E-state index in [4.69, 9.17) is 15.7 Å². The summed E-state index contributed by atoms with van der Waals surface area (Å²) in [7, 11) is 0. The fourth-order valence-electron chi connectivity index (χ4n) is 4.46. The number of carbonyl (C=O) groups is 1. The number of primary amides is 1. The van der Waals surface area contributed by atoms with E-state index in [1.54, 1.807) is 0 Å². The van der Waals surface area contributed by atoms with Gasteiger partial charge in [0.05, 0.1) is 0 Å². The molecule has 29 heavy (non-hydrogen) atoms. The van der Waals surface area contributed by atoms with Gasteiger partial charge in [0.15, 0.2) is 0 Å². The molecule has 0 aliphatic heterocycles. The Balaban J connectivity index is 1.45. The maximum atomic E-state index is 11.5. The van der Waals surface area contributed by atoms with Crippen molar-refractivity contribution in [1.82, 2.24) is 19.9 Å². The molecular formula is C23H29N5O. The molecule has 0 spiro atoms. The molecule has 3 aromatic rings. The number of hydrogen-bond acceptors (Lipinski definition) is 4. The normalized spacial score (nSPS) is 13.6. The Kier molecular flexibility index (Phi) is 5.62. The van der Waals surface area contributed by atoms with Gasteiger partial charge in [0.1, 0.15) is 12.4 Å². The molecule has 152 valence electrons. The third-order valence-corrected chi connectivity index (χ3v) is 5.94. The van der Waals surface area contributed by atoms with E-state index in [-0.39, 0.29) is 12.5 Å². The molecule has 0 radical (unpaired) electrons. The van der Waals surface area contributed by atoms with Crippen molar-refractivity contribution in [3.63, 3.8) is 0 Å². The molecule has 0 fully saturated rings. The van der Waals surface area contributed by atoms with Crippen LogP contribution in [0.5, 0.6) is 0 Å². The van der Waals surface area contributed by atoms with Crippen LogP contribution in [-0.4, -0.2) is 27.0 Å². The Labute approximate surface area is 171 Å². The lowest BCUT2D eigenvalue weighted by atomic mass is 9.95. The number of amides is 1. The Hall–Kier alpha value is -2.73. The Morgan fingerprint density at radius 3 is 2.79 bits per heavy atom.